The normalized spacial score (nSPS) is 21.8. The number of aliphatic hydroxyl groups is 1. The van der Waals surface area contributed by atoms with Crippen molar-refractivity contribution in [1.82, 2.24) is 5.32 Å². The molecule has 3 rings (SSSR count). The third-order valence-corrected chi connectivity index (χ3v) is 4.43. The Labute approximate surface area is 152 Å². The van der Waals surface area contributed by atoms with Gasteiger partial charge in [-0.15, -0.1) is 0 Å². The lowest BCUT2D eigenvalue weighted by molar-refractivity contribution is -0.0961. The lowest BCUT2D eigenvalue weighted by Crippen LogP contribution is -2.52. The first-order valence-electron chi connectivity index (χ1n) is 9.32. The van der Waals surface area contributed by atoms with Crippen molar-refractivity contribution >= 4 is 0 Å². The largest absolute Gasteiger partial charge is 0.389 e. The molecule has 0 radical (unpaired) electrons. The van der Waals surface area contributed by atoms with E-state index < -0.39 is 5.60 Å². The molecule has 136 valence electrons. The van der Waals surface area contributed by atoms with Crippen LogP contribution >= 0.6 is 0 Å². The quantitative estimate of drug-likeness (QED) is 0.757. The van der Waals surface area contributed by atoms with E-state index in [0.29, 0.717) is 19.1 Å². The molecule has 0 bridgehead atoms. The molecule has 0 amide bonds. The number of ether oxygens (including phenoxy) is 1. The van der Waals surface area contributed by atoms with E-state index in [-0.39, 0.29) is 0 Å². The van der Waals surface area contributed by atoms with Gasteiger partial charge >= 0.3 is 0 Å². The van der Waals surface area contributed by atoms with Gasteiger partial charge in [0.15, 0.2) is 0 Å². The number of nitrogens with one attached hydrogen (secondary N) is 1. The highest BCUT2D eigenvalue weighted by Crippen LogP contribution is 2.37. The van der Waals surface area contributed by atoms with Crippen LogP contribution in [0.5, 0.6) is 0 Å². The molecule has 0 aliphatic heterocycles. The number of hydrogen-bond acceptors (Lipinski definition) is 3. The summed E-state index contributed by atoms with van der Waals surface area (Å²) in [5, 5.41) is 13.8. The van der Waals surface area contributed by atoms with Crippen LogP contribution in [0, 0.1) is 5.92 Å². The first kappa shape index (κ1) is 19.6. The Hall–Kier alpha value is -1.68. The lowest BCUT2D eigenvalue weighted by atomic mass is 9.71. The summed E-state index contributed by atoms with van der Waals surface area (Å²) in [6.45, 7) is 6.84. The van der Waals surface area contributed by atoms with Gasteiger partial charge in [0.2, 0.25) is 0 Å². The minimum atomic E-state index is -0.560. The SMILES string of the molecule is CC.OC1(CNCc2ccccc2)CC(COCc2ccccc2)C1. The summed E-state index contributed by atoms with van der Waals surface area (Å²) in [5.41, 5.74) is 1.89. The van der Waals surface area contributed by atoms with Crippen molar-refractivity contribution in [3.8, 4) is 0 Å². The maximum atomic E-state index is 10.5. The molecule has 0 saturated heterocycles. The monoisotopic (exact) mass is 341 g/mol. The third-order valence-electron chi connectivity index (χ3n) is 4.43. The minimum absolute atomic E-state index is 0.474. The smallest absolute Gasteiger partial charge is 0.0778 e. The van der Waals surface area contributed by atoms with Gasteiger partial charge in [0.1, 0.15) is 0 Å². The second kappa shape index (κ2) is 10.3. The predicted molar refractivity (Wildman–Crippen MR) is 103 cm³/mol. The van der Waals surface area contributed by atoms with E-state index >= 15 is 0 Å². The van der Waals surface area contributed by atoms with Crippen molar-refractivity contribution in [2.45, 2.75) is 45.4 Å². The fraction of sp³-hybridized carbons (Fsp3) is 0.455. The van der Waals surface area contributed by atoms with E-state index in [2.05, 4.69) is 29.6 Å². The van der Waals surface area contributed by atoms with Crippen LogP contribution in [-0.2, 0) is 17.9 Å². The van der Waals surface area contributed by atoms with E-state index in [0.717, 1.165) is 26.0 Å². The molecule has 0 spiro atoms. The topological polar surface area (TPSA) is 41.5 Å². The van der Waals surface area contributed by atoms with Gasteiger partial charge in [0, 0.05) is 13.1 Å². The first-order chi connectivity index (χ1) is 12.2. The molecule has 0 unspecified atom stereocenters. The highest BCUT2D eigenvalue weighted by molar-refractivity contribution is 5.14. The number of benzene rings is 2. The Bertz CT molecular complexity index is 579. The molecule has 1 fully saturated rings. The second-order valence-corrected chi connectivity index (χ2v) is 6.59. The fourth-order valence-corrected chi connectivity index (χ4v) is 3.23. The maximum absolute atomic E-state index is 10.5. The molecular weight excluding hydrogens is 310 g/mol. The van der Waals surface area contributed by atoms with Crippen LogP contribution < -0.4 is 5.32 Å². The van der Waals surface area contributed by atoms with E-state index in [4.69, 9.17) is 4.74 Å². The Morgan fingerprint density at radius 3 is 2.12 bits per heavy atom. The summed E-state index contributed by atoms with van der Waals surface area (Å²) >= 11 is 0. The van der Waals surface area contributed by atoms with Crippen molar-refractivity contribution in [1.29, 1.82) is 0 Å². The fourth-order valence-electron chi connectivity index (χ4n) is 3.23. The number of hydrogen-bond donors (Lipinski definition) is 2. The molecule has 1 aliphatic rings. The number of rotatable bonds is 8. The van der Waals surface area contributed by atoms with Crippen LogP contribution in [0.25, 0.3) is 0 Å². The third kappa shape index (κ3) is 6.62. The van der Waals surface area contributed by atoms with Crippen LogP contribution in [0.2, 0.25) is 0 Å². The molecule has 25 heavy (non-hydrogen) atoms. The zero-order valence-electron chi connectivity index (χ0n) is 15.4. The van der Waals surface area contributed by atoms with Crippen LogP contribution in [0.3, 0.4) is 0 Å². The second-order valence-electron chi connectivity index (χ2n) is 6.59. The zero-order chi connectivity index (χ0) is 18.0. The van der Waals surface area contributed by atoms with Gasteiger partial charge in [-0.2, -0.15) is 0 Å². The lowest BCUT2D eigenvalue weighted by Gasteiger charge is -2.43. The molecule has 0 atom stereocenters. The summed E-state index contributed by atoms with van der Waals surface area (Å²) in [7, 11) is 0. The predicted octanol–water partition coefficient (Wildman–Crippen LogP) is 4.16. The van der Waals surface area contributed by atoms with Gasteiger partial charge in [-0.3, -0.25) is 0 Å². The highest BCUT2D eigenvalue weighted by Gasteiger charge is 2.42. The van der Waals surface area contributed by atoms with Gasteiger partial charge < -0.3 is 15.2 Å². The Kier molecular flexibility index (Phi) is 8.13. The molecule has 1 saturated carbocycles. The van der Waals surface area contributed by atoms with Gasteiger partial charge in [-0.05, 0) is 29.9 Å². The van der Waals surface area contributed by atoms with Gasteiger partial charge in [0.05, 0.1) is 18.8 Å². The van der Waals surface area contributed by atoms with Gasteiger partial charge in [-0.25, -0.2) is 0 Å². The zero-order valence-corrected chi connectivity index (χ0v) is 15.4. The minimum Gasteiger partial charge on any atom is -0.389 e. The first-order valence-corrected chi connectivity index (χ1v) is 9.32. The summed E-state index contributed by atoms with van der Waals surface area (Å²) in [6.07, 6.45) is 1.65. The standard InChI is InChI=1S/C20H25NO2.C2H6/c22-20(16-21-13-17-7-3-1-4-8-17)11-19(12-20)15-23-14-18-9-5-2-6-10-18;1-2/h1-10,19,21-22H,11-16H2;1-2H3. The molecule has 2 aromatic rings. The van der Waals surface area contributed by atoms with Crippen LogP contribution in [-0.4, -0.2) is 23.9 Å². The average molecular weight is 341 g/mol. The molecular formula is C22H31NO2. The Morgan fingerprint density at radius 1 is 0.960 bits per heavy atom. The van der Waals surface area contributed by atoms with Crippen molar-refractivity contribution in [3.05, 3.63) is 71.8 Å². The van der Waals surface area contributed by atoms with Crippen molar-refractivity contribution in [2.75, 3.05) is 13.2 Å². The van der Waals surface area contributed by atoms with E-state index in [1.165, 1.54) is 11.1 Å². The molecule has 1 aliphatic carbocycles. The van der Waals surface area contributed by atoms with Crippen LogP contribution in [0.15, 0.2) is 60.7 Å². The highest BCUT2D eigenvalue weighted by atomic mass is 16.5. The Balaban J connectivity index is 0.00000109. The summed E-state index contributed by atoms with van der Waals surface area (Å²) < 4.78 is 5.76. The van der Waals surface area contributed by atoms with Crippen molar-refractivity contribution in [2.24, 2.45) is 5.92 Å². The molecule has 3 nitrogen and oxygen atoms in total. The molecule has 3 heteroatoms. The van der Waals surface area contributed by atoms with Crippen molar-refractivity contribution in [3.63, 3.8) is 0 Å². The molecule has 2 aromatic carbocycles. The summed E-state index contributed by atoms with van der Waals surface area (Å²) in [6, 6.07) is 20.5. The van der Waals surface area contributed by atoms with Gasteiger partial charge in [-0.1, -0.05) is 74.5 Å². The summed E-state index contributed by atoms with van der Waals surface area (Å²) in [4.78, 5) is 0. The maximum Gasteiger partial charge on any atom is 0.0778 e. The Morgan fingerprint density at radius 2 is 1.52 bits per heavy atom. The van der Waals surface area contributed by atoms with Gasteiger partial charge in [0.25, 0.3) is 0 Å². The molecule has 2 N–H and O–H groups in total. The van der Waals surface area contributed by atoms with Crippen LogP contribution in [0.4, 0.5) is 0 Å². The van der Waals surface area contributed by atoms with E-state index in [1.807, 2.05) is 50.2 Å². The molecule has 0 aromatic heterocycles. The van der Waals surface area contributed by atoms with E-state index in [1.54, 1.807) is 0 Å². The van der Waals surface area contributed by atoms with E-state index in [9.17, 15) is 5.11 Å². The van der Waals surface area contributed by atoms with Crippen LogP contribution in [0.1, 0.15) is 37.8 Å². The average Bonchev–Trinajstić information content (AvgIpc) is 2.64. The van der Waals surface area contributed by atoms with Crippen molar-refractivity contribution < 1.29 is 9.84 Å². The summed E-state index contributed by atoms with van der Waals surface area (Å²) in [5.74, 6) is 0.474. The molecule has 0 heterocycles.